The zero-order valence-electron chi connectivity index (χ0n) is 11.2. The average molecular weight is 395 g/mol. The normalized spacial score (nSPS) is 10.5. The van der Waals surface area contributed by atoms with Crippen molar-refractivity contribution in [3.8, 4) is 0 Å². The third-order valence-electron chi connectivity index (χ3n) is 2.75. The van der Waals surface area contributed by atoms with Crippen molar-refractivity contribution < 1.29 is 4.79 Å². The Labute approximate surface area is 153 Å². The maximum atomic E-state index is 11.9. The second-order valence-electron chi connectivity index (χ2n) is 4.37. The smallest absolute Gasteiger partial charge is 0.234 e. The molecular formula is C15H11Cl4NOS. The zero-order valence-corrected chi connectivity index (χ0v) is 15.0. The van der Waals surface area contributed by atoms with Crippen LogP contribution in [0.1, 0.15) is 5.56 Å². The van der Waals surface area contributed by atoms with Crippen molar-refractivity contribution in [2.75, 3.05) is 11.1 Å². The Morgan fingerprint density at radius 1 is 0.955 bits per heavy atom. The van der Waals surface area contributed by atoms with Crippen LogP contribution in [-0.4, -0.2) is 11.7 Å². The van der Waals surface area contributed by atoms with E-state index in [9.17, 15) is 4.79 Å². The highest BCUT2D eigenvalue weighted by Crippen LogP contribution is 2.33. The number of nitrogens with one attached hydrogen (secondary N) is 1. The van der Waals surface area contributed by atoms with Crippen LogP contribution in [0.25, 0.3) is 0 Å². The molecule has 0 aromatic heterocycles. The van der Waals surface area contributed by atoms with Crippen LogP contribution >= 0.6 is 58.2 Å². The molecular weight excluding hydrogens is 384 g/mol. The van der Waals surface area contributed by atoms with E-state index >= 15 is 0 Å². The summed E-state index contributed by atoms with van der Waals surface area (Å²) in [6.07, 6.45) is 0. The highest BCUT2D eigenvalue weighted by Gasteiger charge is 2.11. The minimum atomic E-state index is -0.110. The molecule has 2 rings (SSSR count). The van der Waals surface area contributed by atoms with Gasteiger partial charge < -0.3 is 5.32 Å². The number of hydrogen-bond donors (Lipinski definition) is 1. The maximum absolute atomic E-state index is 11.9. The van der Waals surface area contributed by atoms with Gasteiger partial charge in [0.1, 0.15) is 0 Å². The quantitative estimate of drug-likeness (QED) is 0.614. The lowest BCUT2D eigenvalue weighted by Crippen LogP contribution is -2.14. The Balaban J connectivity index is 1.87. The van der Waals surface area contributed by atoms with Crippen LogP contribution in [-0.2, 0) is 10.5 Å². The molecule has 0 heterocycles. The van der Waals surface area contributed by atoms with Gasteiger partial charge in [0.25, 0.3) is 0 Å². The summed E-state index contributed by atoms with van der Waals surface area (Å²) in [5.74, 6) is 0.676. The number of thioether (sulfide) groups is 1. The lowest BCUT2D eigenvalue weighted by Gasteiger charge is -2.09. The predicted octanol–water partition coefficient (Wildman–Crippen LogP) is 6.17. The molecule has 2 aromatic carbocycles. The highest BCUT2D eigenvalue weighted by atomic mass is 35.5. The second kappa shape index (κ2) is 8.32. The van der Waals surface area contributed by atoms with Crippen molar-refractivity contribution in [1.29, 1.82) is 0 Å². The molecule has 0 radical (unpaired) electrons. The summed E-state index contributed by atoms with van der Waals surface area (Å²) in [5.41, 5.74) is 1.44. The minimum Gasteiger partial charge on any atom is -0.325 e. The van der Waals surface area contributed by atoms with Crippen molar-refractivity contribution in [3.63, 3.8) is 0 Å². The van der Waals surface area contributed by atoms with Gasteiger partial charge in [0.05, 0.1) is 15.8 Å². The predicted molar refractivity (Wildman–Crippen MR) is 97.7 cm³/mol. The van der Waals surface area contributed by atoms with Crippen LogP contribution < -0.4 is 5.32 Å². The van der Waals surface area contributed by atoms with Crippen LogP contribution in [0.2, 0.25) is 20.1 Å². The Bertz CT molecular complexity index is 676. The van der Waals surface area contributed by atoms with E-state index in [4.69, 9.17) is 46.4 Å². The molecule has 0 bridgehead atoms. The largest absolute Gasteiger partial charge is 0.325 e. The van der Waals surface area contributed by atoms with E-state index in [0.29, 0.717) is 31.5 Å². The summed E-state index contributed by atoms with van der Waals surface area (Å²) in [7, 11) is 0. The first kappa shape index (κ1) is 17.8. The van der Waals surface area contributed by atoms with E-state index in [1.165, 1.54) is 11.8 Å². The fourth-order valence-corrected chi connectivity index (χ4v) is 3.51. The summed E-state index contributed by atoms with van der Waals surface area (Å²) < 4.78 is 0. The van der Waals surface area contributed by atoms with E-state index in [2.05, 4.69) is 5.32 Å². The van der Waals surface area contributed by atoms with Gasteiger partial charge in [0.2, 0.25) is 5.91 Å². The fourth-order valence-electron chi connectivity index (χ4n) is 1.68. The molecule has 2 aromatic rings. The van der Waals surface area contributed by atoms with Gasteiger partial charge in [-0.15, -0.1) is 11.8 Å². The van der Waals surface area contributed by atoms with Gasteiger partial charge in [0.15, 0.2) is 0 Å². The van der Waals surface area contributed by atoms with Crippen LogP contribution in [0, 0.1) is 0 Å². The number of hydrogen-bond acceptors (Lipinski definition) is 2. The summed E-state index contributed by atoms with van der Waals surface area (Å²) in [5, 5.41) is 4.83. The maximum Gasteiger partial charge on any atom is 0.234 e. The van der Waals surface area contributed by atoms with Gasteiger partial charge in [-0.05, 0) is 36.4 Å². The van der Waals surface area contributed by atoms with Crippen molar-refractivity contribution in [1.82, 2.24) is 0 Å². The lowest BCUT2D eigenvalue weighted by molar-refractivity contribution is -0.113. The van der Waals surface area contributed by atoms with E-state index in [0.717, 1.165) is 5.56 Å². The Morgan fingerprint density at radius 3 is 2.27 bits per heavy atom. The third kappa shape index (κ3) is 4.97. The number of anilines is 1. The number of halogens is 4. The molecule has 0 unspecified atom stereocenters. The molecule has 116 valence electrons. The van der Waals surface area contributed by atoms with Gasteiger partial charge in [-0.1, -0.05) is 46.4 Å². The van der Waals surface area contributed by atoms with Gasteiger partial charge in [-0.3, -0.25) is 4.79 Å². The molecule has 2 nitrogen and oxygen atoms in total. The fraction of sp³-hybridized carbons (Fsp3) is 0.133. The van der Waals surface area contributed by atoms with Crippen molar-refractivity contribution in [3.05, 3.63) is 62.1 Å². The number of carbonyl (C=O) groups excluding carboxylic acids is 1. The molecule has 0 saturated heterocycles. The lowest BCUT2D eigenvalue weighted by atomic mass is 10.2. The standard InChI is InChI=1S/C15H11Cl4NOS/c16-9-1-3-10(4-2-9)20-14(21)8-22-7-11-12(17)5-6-13(18)15(11)19/h1-6H,7-8H2,(H,20,21). The topological polar surface area (TPSA) is 29.1 Å². The molecule has 0 aliphatic carbocycles. The first-order valence-corrected chi connectivity index (χ1v) is 8.89. The average Bonchev–Trinajstić information content (AvgIpc) is 2.49. The van der Waals surface area contributed by atoms with Crippen LogP contribution in [0.3, 0.4) is 0 Å². The Hall–Kier alpha value is -0.580. The SMILES string of the molecule is O=C(CSCc1c(Cl)ccc(Cl)c1Cl)Nc1ccc(Cl)cc1. The first-order chi connectivity index (χ1) is 10.5. The molecule has 0 spiro atoms. The Kier molecular flexibility index (Phi) is 6.72. The molecule has 1 N–H and O–H groups in total. The van der Waals surface area contributed by atoms with Crippen molar-refractivity contribution >= 4 is 69.8 Å². The monoisotopic (exact) mass is 393 g/mol. The van der Waals surface area contributed by atoms with E-state index in [-0.39, 0.29) is 11.7 Å². The van der Waals surface area contributed by atoms with Gasteiger partial charge in [-0.25, -0.2) is 0 Å². The number of benzene rings is 2. The number of rotatable bonds is 5. The molecule has 0 aliphatic heterocycles. The van der Waals surface area contributed by atoms with E-state index in [1.54, 1.807) is 36.4 Å². The molecule has 0 aliphatic rings. The minimum absolute atomic E-state index is 0.110. The third-order valence-corrected chi connectivity index (χ3v) is 5.16. The summed E-state index contributed by atoms with van der Waals surface area (Å²) in [6.45, 7) is 0. The molecule has 7 heteroatoms. The molecule has 0 atom stereocenters. The number of carbonyl (C=O) groups is 1. The first-order valence-electron chi connectivity index (χ1n) is 6.23. The molecule has 1 amide bonds. The van der Waals surface area contributed by atoms with E-state index < -0.39 is 0 Å². The number of amides is 1. The second-order valence-corrected chi connectivity index (χ2v) is 6.98. The van der Waals surface area contributed by atoms with Gasteiger partial charge in [0, 0.05) is 27.0 Å². The molecule has 22 heavy (non-hydrogen) atoms. The van der Waals surface area contributed by atoms with Crippen LogP contribution in [0.5, 0.6) is 0 Å². The van der Waals surface area contributed by atoms with Crippen LogP contribution in [0.15, 0.2) is 36.4 Å². The Morgan fingerprint density at radius 2 is 1.59 bits per heavy atom. The highest BCUT2D eigenvalue weighted by molar-refractivity contribution is 7.99. The van der Waals surface area contributed by atoms with E-state index in [1.807, 2.05) is 0 Å². The summed E-state index contributed by atoms with van der Waals surface area (Å²) in [4.78, 5) is 11.9. The van der Waals surface area contributed by atoms with Crippen molar-refractivity contribution in [2.24, 2.45) is 0 Å². The van der Waals surface area contributed by atoms with Crippen LogP contribution in [0.4, 0.5) is 5.69 Å². The zero-order chi connectivity index (χ0) is 16.1. The summed E-state index contributed by atoms with van der Waals surface area (Å²) >= 11 is 25.4. The summed E-state index contributed by atoms with van der Waals surface area (Å²) in [6, 6.07) is 10.3. The van der Waals surface area contributed by atoms with Crippen molar-refractivity contribution in [2.45, 2.75) is 5.75 Å². The van der Waals surface area contributed by atoms with Gasteiger partial charge >= 0.3 is 0 Å². The van der Waals surface area contributed by atoms with Gasteiger partial charge in [-0.2, -0.15) is 0 Å². The molecule has 0 fully saturated rings. The molecule has 0 saturated carbocycles.